The van der Waals surface area contributed by atoms with Gasteiger partial charge in [0.15, 0.2) is 5.70 Å². The minimum atomic E-state index is -0.548. The Morgan fingerprint density at radius 2 is 1.83 bits per heavy atom. The molecule has 30 heavy (non-hydrogen) atoms. The molecule has 1 aromatic heterocycles. The smallest absolute Gasteiger partial charge is 0.363 e. The molecule has 1 aliphatic heterocycles. The van der Waals surface area contributed by atoms with Gasteiger partial charge in [-0.2, -0.15) is 0 Å². The number of halogens is 2. The van der Waals surface area contributed by atoms with Crippen LogP contribution in [0.5, 0.6) is 11.5 Å². The standard InChI is InChI=1S/C22H15Cl2NO4S/c23-15-11-14(12-18-22(26)29-21(25-18)19-7-4-10-30-19)20(17(24)13-15)28-9-8-27-16-5-2-1-3-6-16/h1-7,10-13H,8-9H2/b18-12+. The molecule has 0 saturated heterocycles. The summed E-state index contributed by atoms with van der Waals surface area (Å²) in [5.41, 5.74) is 0.664. The van der Waals surface area contributed by atoms with Crippen LogP contribution in [0.3, 0.4) is 0 Å². The molecule has 3 aromatic rings. The van der Waals surface area contributed by atoms with Crippen LogP contribution in [0.2, 0.25) is 10.0 Å². The number of nitrogens with zero attached hydrogens (tertiary/aromatic N) is 1. The van der Waals surface area contributed by atoms with Gasteiger partial charge in [0.05, 0.1) is 9.90 Å². The first-order valence-electron chi connectivity index (χ1n) is 8.96. The highest BCUT2D eigenvalue weighted by molar-refractivity contribution is 7.12. The Bertz CT molecular complexity index is 1110. The molecule has 0 atom stereocenters. The van der Waals surface area contributed by atoms with Gasteiger partial charge in [-0.05, 0) is 41.8 Å². The fraction of sp³-hybridized carbons (Fsp3) is 0.0909. The van der Waals surface area contributed by atoms with Crippen molar-refractivity contribution in [3.8, 4) is 11.5 Å². The van der Waals surface area contributed by atoms with Gasteiger partial charge >= 0.3 is 5.97 Å². The Hall–Kier alpha value is -2.80. The number of para-hydroxylation sites is 1. The number of cyclic esters (lactones) is 1. The number of rotatable bonds is 7. The van der Waals surface area contributed by atoms with E-state index in [1.165, 1.54) is 11.3 Å². The molecule has 0 amide bonds. The highest BCUT2D eigenvalue weighted by atomic mass is 35.5. The van der Waals surface area contributed by atoms with Crippen LogP contribution in [0.4, 0.5) is 0 Å². The third kappa shape index (κ3) is 4.84. The summed E-state index contributed by atoms with van der Waals surface area (Å²) in [4.78, 5) is 17.3. The largest absolute Gasteiger partial charge is 0.490 e. The fourth-order valence-electron chi connectivity index (χ4n) is 2.72. The van der Waals surface area contributed by atoms with E-state index in [1.54, 1.807) is 18.2 Å². The first-order chi connectivity index (χ1) is 14.6. The summed E-state index contributed by atoms with van der Waals surface area (Å²) in [6, 6.07) is 16.3. The molecule has 0 spiro atoms. The number of benzene rings is 2. The monoisotopic (exact) mass is 459 g/mol. The molecule has 0 fully saturated rings. The van der Waals surface area contributed by atoms with Crippen molar-refractivity contribution in [2.24, 2.45) is 4.99 Å². The van der Waals surface area contributed by atoms with Crippen LogP contribution >= 0.6 is 34.5 Å². The number of aliphatic imine (C=N–C) groups is 1. The molecule has 152 valence electrons. The summed E-state index contributed by atoms with van der Waals surface area (Å²) in [6.45, 7) is 0.572. The molecule has 0 aliphatic carbocycles. The molecular weight excluding hydrogens is 445 g/mol. The zero-order valence-electron chi connectivity index (χ0n) is 15.5. The summed E-state index contributed by atoms with van der Waals surface area (Å²) >= 11 is 13.9. The van der Waals surface area contributed by atoms with E-state index in [-0.39, 0.29) is 18.2 Å². The number of hydrogen-bond acceptors (Lipinski definition) is 6. The Labute approximate surface area is 187 Å². The zero-order chi connectivity index (χ0) is 20.9. The van der Waals surface area contributed by atoms with E-state index < -0.39 is 5.97 Å². The van der Waals surface area contributed by atoms with Crippen LogP contribution in [0.1, 0.15) is 10.4 Å². The molecule has 5 nitrogen and oxygen atoms in total. The molecule has 2 aromatic carbocycles. The molecule has 1 aliphatic rings. The number of thiophene rings is 1. The molecule has 0 N–H and O–H groups in total. The molecule has 0 radical (unpaired) electrons. The highest BCUT2D eigenvalue weighted by Crippen LogP contribution is 2.35. The van der Waals surface area contributed by atoms with Crippen LogP contribution in [-0.4, -0.2) is 25.1 Å². The van der Waals surface area contributed by atoms with Gasteiger partial charge in [-0.15, -0.1) is 11.3 Å². The minimum absolute atomic E-state index is 0.141. The summed E-state index contributed by atoms with van der Waals surface area (Å²) < 4.78 is 16.7. The molecule has 0 bridgehead atoms. The molecule has 8 heteroatoms. The molecule has 0 saturated carbocycles. The van der Waals surface area contributed by atoms with Crippen LogP contribution in [0, 0.1) is 0 Å². The van der Waals surface area contributed by atoms with Crippen LogP contribution in [-0.2, 0) is 9.53 Å². The van der Waals surface area contributed by atoms with E-state index in [9.17, 15) is 4.79 Å². The normalized spacial score (nSPS) is 14.5. The first-order valence-corrected chi connectivity index (χ1v) is 10.6. The molecule has 4 rings (SSSR count). The van der Waals surface area contributed by atoms with Crippen molar-refractivity contribution < 1.29 is 19.0 Å². The highest BCUT2D eigenvalue weighted by Gasteiger charge is 2.25. The van der Waals surface area contributed by atoms with Gasteiger partial charge in [0.1, 0.15) is 24.7 Å². The first kappa shape index (κ1) is 20.5. The summed E-state index contributed by atoms with van der Waals surface area (Å²) in [7, 11) is 0. The maximum atomic E-state index is 12.3. The van der Waals surface area contributed by atoms with Crippen molar-refractivity contribution in [2.45, 2.75) is 0 Å². The average Bonchev–Trinajstić information content (AvgIpc) is 3.38. The van der Waals surface area contributed by atoms with E-state index in [2.05, 4.69) is 4.99 Å². The Morgan fingerprint density at radius 3 is 2.60 bits per heavy atom. The minimum Gasteiger partial charge on any atom is -0.490 e. The van der Waals surface area contributed by atoms with Gasteiger partial charge in [-0.25, -0.2) is 9.79 Å². The second kappa shape index (κ2) is 9.34. The molecular formula is C22H15Cl2NO4S. The van der Waals surface area contributed by atoms with Gasteiger partial charge < -0.3 is 14.2 Å². The van der Waals surface area contributed by atoms with E-state index in [0.717, 1.165) is 10.6 Å². The topological polar surface area (TPSA) is 57.1 Å². The van der Waals surface area contributed by atoms with Crippen LogP contribution < -0.4 is 9.47 Å². The van der Waals surface area contributed by atoms with E-state index >= 15 is 0 Å². The Balaban J connectivity index is 1.53. The maximum absolute atomic E-state index is 12.3. The lowest BCUT2D eigenvalue weighted by Gasteiger charge is -2.12. The van der Waals surface area contributed by atoms with Crippen molar-refractivity contribution in [1.29, 1.82) is 0 Å². The van der Waals surface area contributed by atoms with Crippen molar-refractivity contribution in [3.05, 3.63) is 86.2 Å². The lowest BCUT2D eigenvalue weighted by Crippen LogP contribution is -2.10. The molecule has 0 unspecified atom stereocenters. The van der Waals surface area contributed by atoms with Crippen molar-refractivity contribution in [3.63, 3.8) is 0 Å². The SMILES string of the molecule is O=C1OC(c2cccs2)=N/C1=C/c1cc(Cl)cc(Cl)c1OCCOc1ccccc1. The molecule has 2 heterocycles. The second-order valence-electron chi connectivity index (χ2n) is 6.13. The predicted molar refractivity (Wildman–Crippen MR) is 119 cm³/mol. The van der Waals surface area contributed by atoms with Crippen LogP contribution in [0.15, 0.2) is 70.7 Å². The van der Waals surface area contributed by atoms with Gasteiger partial charge in [-0.3, -0.25) is 0 Å². The average molecular weight is 460 g/mol. The van der Waals surface area contributed by atoms with E-state index in [1.807, 2.05) is 47.8 Å². The lowest BCUT2D eigenvalue weighted by molar-refractivity contribution is -0.129. The van der Waals surface area contributed by atoms with Gasteiger partial charge in [0, 0.05) is 10.6 Å². The van der Waals surface area contributed by atoms with Gasteiger partial charge in [-0.1, -0.05) is 47.5 Å². The third-order valence-corrected chi connectivity index (χ3v) is 5.38. The van der Waals surface area contributed by atoms with Crippen molar-refractivity contribution in [1.82, 2.24) is 0 Å². The number of ether oxygens (including phenoxy) is 3. The summed E-state index contributed by atoms with van der Waals surface area (Å²) in [5.74, 6) is 0.855. The van der Waals surface area contributed by atoms with E-state index in [0.29, 0.717) is 28.0 Å². The summed E-state index contributed by atoms with van der Waals surface area (Å²) in [6.07, 6.45) is 1.55. The fourth-order valence-corrected chi connectivity index (χ4v) is 3.93. The Morgan fingerprint density at radius 1 is 1.03 bits per heavy atom. The quantitative estimate of drug-likeness (QED) is 0.252. The zero-order valence-corrected chi connectivity index (χ0v) is 17.8. The number of esters is 1. The number of carbonyl (C=O) groups excluding carboxylic acids is 1. The number of carbonyl (C=O) groups is 1. The van der Waals surface area contributed by atoms with Gasteiger partial charge in [0.2, 0.25) is 5.90 Å². The van der Waals surface area contributed by atoms with Gasteiger partial charge in [0.25, 0.3) is 0 Å². The summed E-state index contributed by atoms with van der Waals surface area (Å²) in [5, 5.41) is 2.62. The van der Waals surface area contributed by atoms with E-state index in [4.69, 9.17) is 37.4 Å². The van der Waals surface area contributed by atoms with Crippen molar-refractivity contribution in [2.75, 3.05) is 13.2 Å². The van der Waals surface area contributed by atoms with Crippen LogP contribution in [0.25, 0.3) is 6.08 Å². The number of hydrogen-bond donors (Lipinski definition) is 0. The second-order valence-corrected chi connectivity index (χ2v) is 7.92. The van der Waals surface area contributed by atoms with Crippen molar-refractivity contribution >= 4 is 52.5 Å². The third-order valence-electron chi connectivity index (χ3n) is 4.02. The predicted octanol–water partition coefficient (Wildman–Crippen LogP) is 5.86. The Kier molecular flexibility index (Phi) is 6.38. The lowest BCUT2D eigenvalue weighted by atomic mass is 10.1. The maximum Gasteiger partial charge on any atom is 0.363 e.